The molecule has 0 radical (unpaired) electrons. The fourth-order valence-corrected chi connectivity index (χ4v) is 3.17. The van der Waals surface area contributed by atoms with Gasteiger partial charge in [-0.25, -0.2) is 0 Å². The molecule has 1 aliphatic heterocycles. The zero-order chi connectivity index (χ0) is 18.4. The van der Waals surface area contributed by atoms with E-state index in [0.29, 0.717) is 0 Å². The Kier molecular flexibility index (Phi) is 6.12. The van der Waals surface area contributed by atoms with Crippen molar-refractivity contribution in [3.63, 3.8) is 0 Å². The number of hydrogen-bond donors (Lipinski definition) is 0. The Morgan fingerprint density at radius 2 is 1.62 bits per heavy atom. The molecule has 1 heterocycles. The maximum absolute atomic E-state index is 5.39. The molecule has 0 amide bonds. The van der Waals surface area contributed by atoms with Gasteiger partial charge in [-0.15, -0.1) is 0 Å². The van der Waals surface area contributed by atoms with Crippen molar-refractivity contribution in [3.8, 4) is 11.5 Å². The summed E-state index contributed by atoms with van der Waals surface area (Å²) in [6, 6.07) is 16.6. The molecule has 5 nitrogen and oxygen atoms in total. The van der Waals surface area contributed by atoms with E-state index in [1.54, 1.807) is 14.2 Å². The summed E-state index contributed by atoms with van der Waals surface area (Å²) in [6.07, 6.45) is 0. The van der Waals surface area contributed by atoms with Crippen LogP contribution in [0.25, 0.3) is 0 Å². The van der Waals surface area contributed by atoms with Gasteiger partial charge in [0.15, 0.2) is 11.5 Å². The van der Waals surface area contributed by atoms with Crippen molar-refractivity contribution in [1.29, 1.82) is 0 Å². The van der Waals surface area contributed by atoms with E-state index in [9.17, 15) is 0 Å². The lowest BCUT2D eigenvalue weighted by atomic mass is 10.1. The quantitative estimate of drug-likeness (QED) is 0.747. The molecule has 0 unspecified atom stereocenters. The first kappa shape index (κ1) is 18.3. The first-order valence-corrected chi connectivity index (χ1v) is 8.98. The Bertz CT molecular complexity index is 738. The molecule has 0 spiro atoms. The van der Waals surface area contributed by atoms with Crippen molar-refractivity contribution in [2.75, 3.05) is 40.4 Å². The number of benzene rings is 2. The van der Waals surface area contributed by atoms with Gasteiger partial charge in [-0.3, -0.25) is 9.91 Å². The van der Waals surface area contributed by atoms with Gasteiger partial charge in [0.25, 0.3) is 0 Å². The van der Waals surface area contributed by atoms with Crippen LogP contribution in [0.5, 0.6) is 11.5 Å². The van der Waals surface area contributed by atoms with Crippen molar-refractivity contribution in [2.24, 2.45) is 5.10 Å². The van der Waals surface area contributed by atoms with E-state index >= 15 is 0 Å². The van der Waals surface area contributed by atoms with Gasteiger partial charge in [0.05, 0.1) is 19.9 Å². The zero-order valence-electron chi connectivity index (χ0n) is 15.8. The van der Waals surface area contributed by atoms with Crippen molar-refractivity contribution in [1.82, 2.24) is 9.91 Å². The average Bonchev–Trinajstić information content (AvgIpc) is 2.69. The van der Waals surface area contributed by atoms with Crippen LogP contribution in [-0.2, 0) is 6.54 Å². The molecule has 0 N–H and O–H groups in total. The number of hydrogen-bond acceptors (Lipinski definition) is 5. The topological polar surface area (TPSA) is 37.3 Å². The van der Waals surface area contributed by atoms with E-state index in [-0.39, 0.29) is 0 Å². The lowest BCUT2D eigenvalue weighted by molar-refractivity contribution is 0.130. The first-order valence-electron chi connectivity index (χ1n) is 8.98. The molecular weight excluding hydrogens is 326 g/mol. The van der Waals surface area contributed by atoms with Gasteiger partial charge in [0.1, 0.15) is 0 Å². The fraction of sp³-hybridized carbons (Fsp3) is 0.381. The third kappa shape index (κ3) is 4.55. The largest absolute Gasteiger partial charge is 0.493 e. The minimum Gasteiger partial charge on any atom is -0.493 e. The zero-order valence-corrected chi connectivity index (χ0v) is 15.8. The number of hydrazone groups is 1. The van der Waals surface area contributed by atoms with Gasteiger partial charge in [0, 0.05) is 38.3 Å². The van der Waals surface area contributed by atoms with E-state index in [1.807, 2.05) is 25.1 Å². The van der Waals surface area contributed by atoms with E-state index in [4.69, 9.17) is 14.6 Å². The second kappa shape index (κ2) is 8.72. The Hall–Kier alpha value is -2.53. The molecule has 5 heteroatoms. The molecule has 2 aromatic rings. The van der Waals surface area contributed by atoms with Crippen LogP contribution >= 0.6 is 0 Å². The minimum absolute atomic E-state index is 0.729. The summed E-state index contributed by atoms with van der Waals surface area (Å²) >= 11 is 0. The van der Waals surface area contributed by atoms with E-state index < -0.39 is 0 Å². The molecule has 1 fully saturated rings. The Labute approximate surface area is 155 Å². The average molecular weight is 353 g/mol. The summed E-state index contributed by atoms with van der Waals surface area (Å²) in [5.74, 6) is 1.46. The first-order chi connectivity index (χ1) is 12.7. The molecule has 0 bridgehead atoms. The van der Waals surface area contributed by atoms with Crippen LogP contribution in [0.4, 0.5) is 0 Å². The number of rotatable bonds is 6. The highest BCUT2D eigenvalue weighted by Crippen LogP contribution is 2.27. The van der Waals surface area contributed by atoms with Crippen LogP contribution in [0.3, 0.4) is 0 Å². The molecule has 0 saturated carbocycles. The van der Waals surface area contributed by atoms with Crippen molar-refractivity contribution in [3.05, 3.63) is 59.7 Å². The monoisotopic (exact) mass is 353 g/mol. The highest BCUT2D eigenvalue weighted by Gasteiger charge is 2.16. The number of methoxy groups -OCH3 is 2. The summed E-state index contributed by atoms with van der Waals surface area (Å²) in [5, 5.41) is 6.97. The Morgan fingerprint density at radius 3 is 2.27 bits per heavy atom. The van der Waals surface area contributed by atoms with E-state index in [1.165, 1.54) is 5.56 Å². The summed E-state index contributed by atoms with van der Waals surface area (Å²) < 4.78 is 10.7. The normalized spacial score (nSPS) is 15.8. The van der Waals surface area contributed by atoms with Gasteiger partial charge in [0.2, 0.25) is 0 Å². The van der Waals surface area contributed by atoms with Crippen LogP contribution < -0.4 is 9.47 Å². The molecule has 0 atom stereocenters. The van der Waals surface area contributed by atoms with Gasteiger partial charge in [-0.2, -0.15) is 5.10 Å². The minimum atomic E-state index is 0.729. The predicted octanol–water partition coefficient (Wildman–Crippen LogP) is 3.25. The second-order valence-electron chi connectivity index (χ2n) is 6.47. The molecule has 3 rings (SSSR count). The molecular formula is C21H27N3O2. The molecule has 0 aliphatic carbocycles. The van der Waals surface area contributed by atoms with Gasteiger partial charge in [-0.1, -0.05) is 30.3 Å². The molecule has 2 aromatic carbocycles. The smallest absolute Gasteiger partial charge is 0.161 e. The number of nitrogens with zero attached hydrogens (tertiary/aromatic N) is 3. The molecule has 0 aromatic heterocycles. The summed E-state index contributed by atoms with van der Waals surface area (Å²) in [5.41, 5.74) is 3.41. The number of piperazine rings is 1. The van der Waals surface area contributed by atoms with Crippen molar-refractivity contribution in [2.45, 2.75) is 13.5 Å². The summed E-state index contributed by atoms with van der Waals surface area (Å²) in [6.45, 7) is 6.98. The molecule has 138 valence electrons. The Morgan fingerprint density at radius 1 is 0.923 bits per heavy atom. The third-order valence-corrected chi connectivity index (χ3v) is 4.69. The van der Waals surface area contributed by atoms with E-state index in [0.717, 1.165) is 55.5 Å². The SMILES string of the molecule is COc1ccc(/C(C)=N/N2CCN(Cc3ccccc3)CC2)cc1OC. The van der Waals surface area contributed by atoms with Gasteiger partial charge in [-0.05, 0) is 30.7 Å². The van der Waals surface area contributed by atoms with E-state index in [2.05, 4.69) is 40.2 Å². The lowest BCUT2D eigenvalue weighted by Crippen LogP contribution is -2.43. The fourth-order valence-electron chi connectivity index (χ4n) is 3.17. The van der Waals surface area contributed by atoms with Gasteiger partial charge >= 0.3 is 0 Å². The lowest BCUT2D eigenvalue weighted by Gasteiger charge is -2.33. The van der Waals surface area contributed by atoms with Crippen LogP contribution in [0.1, 0.15) is 18.1 Å². The van der Waals surface area contributed by atoms with Crippen molar-refractivity contribution < 1.29 is 9.47 Å². The number of ether oxygens (including phenoxy) is 2. The molecule has 26 heavy (non-hydrogen) atoms. The van der Waals surface area contributed by atoms with Crippen LogP contribution in [0, 0.1) is 0 Å². The summed E-state index contributed by atoms with van der Waals surface area (Å²) in [7, 11) is 3.30. The van der Waals surface area contributed by atoms with Crippen LogP contribution in [0.15, 0.2) is 53.6 Å². The van der Waals surface area contributed by atoms with Crippen LogP contribution in [-0.4, -0.2) is 56.0 Å². The molecule has 1 saturated heterocycles. The Balaban J connectivity index is 1.59. The molecule has 1 aliphatic rings. The summed E-state index contributed by atoms with van der Waals surface area (Å²) in [4.78, 5) is 2.48. The van der Waals surface area contributed by atoms with Gasteiger partial charge < -0.3 is 9.47 Å². The maximum Gasteiger partial charge on any atom is 0.161 e. The standard InChI is InChI=1S/C21H27N3O2/c1-17(19-9-10-20(25-2)21(15-19)26-3)22-24-13-11-23(12-14-24)16-18-7-5-4-6-8-18/h4-10,15H,11-14,16H2,1-3H3/b22-17+. The third-order valence-electron chi connectivity index (χ3n) is 4.69. The highest BCUT2D eigenvalue weighted by atomic mass is 16.5. The predicted molar refractivity (Wildman–Crippen MR) is 105 cm³/mol. The second-order valence-corrected chi connectivity index (χ2v) is 6.47. The van der Waals surface area contributed by atoms with Crippen molar-refractivity contribution >= 4 is 5.71 Å². The maximum atomic E-state index is 5.39. The highest BCUT2D eigenvalue weighted by molar-refractivity contribution is 5.99. The van der Waals surface area contributed by atoms with Crippen LogP contribution in [0.2, 0.25) is 0 Å².